The van der Waals surface area contributed by atoms with Crippen molar-refractivity contribution >= 4 is 70.6 Å². The van der Waals surface area contributed by atoms with Crippen molar-refractivity contribution in [2.75, 3.05) is 13.7 Å². The summed E-state index contributed by atoms with van der Waals surface area (Å²) >= 11 is 14.2. The minimum Gasteiger partial charge on any atom is -0.508 e. The van der Waals surface area contributed by atoms with Gasteiger partial charge in [0.05, 0.1) is 22.7 Å². The van der Waals surface area contributed by atoms with E-state index < -0.39 is 265 Å². The quantitative estimate of drug-likeness (QED) is 0.0875. The number of hydrogen-bond acceptors (Lipinski definition) is 28. The van der Waals surface area contributed by atoms with Crippen LogP contribution in [0.2, 0.25) is 10.0 Å². The fourth-order valence-corrected chi connectivity index (χ4v) is 15.7. The Labute approximate surface area is 699 Å². The van der Waals surface area contributed by atoms with E-state index in [9.17, 15) is 76.0 Å². The molecular weight excluding hydrogens is 1640 g/mol. The predicted molar refractivity (Wildman–Crippen MR) is 422 cm³/mol. The highest BCUT2D eigenvalue weighted by Gasteiger charge is 2.50. The number of aliphatic hydroxyl groups is 7. The van der Waals surface area contributed by atoms with Gasteiger partial charge in [-0.2, -0.15) is 0 Å². The lowest BCUT2D eigenvalue weighted by Gasteiger charge is -2.40. The van der Waals surface area contributed by atoms with Crippen molar-refractivity contribution in [1.82, 2.24) is 36.8 Å². The van der Waals surface area contributed by atoms with Crippen LogP contribution in [0, 0.1) is 0 Å². The third-order valence-corrected chi connectivity index (χ3v) is 22.2. The van der Waals surface area contributed by atoms with E-state index in [1.165, 1.54) is 42.5 Å². The van der Waals surface area contributed by atoms with Crippen molar-refractivity contribution in [2.45, 2.75) is 123 Å². The first-order valence-electron chi connectivity index (χ1n) is 37.6. The van der Waals surface area contributed by atoms with E-state index in [0.717, 1.165) is 89.5 Å². The summed E-state index contributed by atoms with van der Waals surface area (Å²) in [5.74, 6) is -18.6. The number of carbonyl (C=O) groups excluding carboxylic acids is 6. The number of aromatic hydroxyl groups is 4. The molecule has 0 spiro atoms. The van der Waals surface area contributed by atoms with E-state index >= 15 is 28.8 Å². The van der Waals surface area contributed by atoms with Gasteiger partial charge in [0.15, 0.2) is 35.1 Å². The van der Waals surface area contributed by atoms with Gasteiger partial charge in [-0.05, 0) is 124 Å². The topological polar surface area (TPSA) is 566 Å². The number of ether oxygens (including phenoxy) is 7. The molecule has 17 bridgehead atoms. The molecule has 0 radical (unpaired) electrons. The van der Waals surface area contributed by atoms with Crippen molar-refractivity contribution in [3.63, 3.8) is 0 Å². The number of fused-ring (bicyclic) bond motifs is 14. The van der Waals surface area contributed by atoms with E-state index in [0.29, 0.717) is 5.56 Å². The molecule has 9 aromatic rings. The minimum absolute atomic E-state index is 0.0802. The van der Waals surface area contributed by atoms with Crippen LogP contribution in [0.3, 0.4) is 0 Å². The van der Waals surface area contributed by atoms with E-state index in [2.05, 4.69) is 31.9 Å². The summed E-state index contributed by atoms with van der Waals surface area (Å²) in [5, 5.41) is 161. The molecule has 9 aromatic carbocycles. The highest BCUT2D eigenvalue weighted by atomic mass is 35.5. The Morgan fingerprint density at radius 1 is 0.516 bits per heavy atom. The second kappa shape index (κ2) is 34.3. The van der Waals surface area contributed by atoms with Gasteiger partial charge < -0.3 is 137 Å². The average Bonchev–Trinajstić information content (AvgIpc) is 0.816. The maximum Gasteiger partial charge on any atom is 0.335 e. The van der Waals surface area contributed by atoms with Crippen LogP contribution in [0.5, 0.6) is 69.0 Å². The smallest absolute Gasteiger partial charge is 0.335 e. The number of rotatable bonds is 11. The van der Waals surface area contributed by atoms with Crippen molar-refractivity contribution in [2.24, 2.45) is 5.73 Å². The number of phenols is 4. The molecule has 38 heteroatoms. The lowest BCUT2D eigenvalue weighted by Crippen LogP contribution is -2.64. The maximum absolute atomic E-state index is 16.6. The van der Waals surface area contributed by atoms with E-state index in [-0.39, 0.29) is 34.9 Å². The Morgan fingerprint density at radius 3 is 1.85 bits per heavy atom. The molecule has 18 atom stereocenters. The van der Waals surface area contributed by atoms with Gasteiger partial charge in [0.2, 0.25) is 53.8 Å². The zero-order valence-electron chi connectivity index (χ0n) is 63.4. The maximum atomic E-state index is 16.6. The number of halogens is 2. The molecule has 8 heterocycles. The fourth-order valence-electron chi connectivity index (χ4n) is 15.2. The molecule has 4 unspecified atom stereocenters. The number of carboxylic acid groups (broad SMARTS) is 2. The number of nitrogens with one attached hydrogen (secondary N) is 6. The standard InChI is InChI=1S/C84H76Cl2N8O28/c1-94(31-34-7-11-36(12-8-34)35-5-3-2-4-6-35)66-38-14-19-50(98)53(24-38)117-43-29-46(59(86)51(99)30-43)63-78(109)90-62-40-25-55(116-42-16-9-33(10-17-42)21-48(75(106)91-63)88-80(66)111)73(121-83-60(87)69(102)71(104)74(122-83)82(114)115)56(26-40)118-52-20-15-39(23-47(52)85)67(100)65-79(110)92-64(81(112)113)45-27-41(96)28-54(119-84-72(105)70(103)68(101)57(32-95)120-84)58(45)44-22-37(13-18-49(44)97)61(76(107)93-65)89-77(62)108/h2-20,22-30,48,57,60-72,74,83-84,95-105H,21,31-32,87H2,1H3,(H,88,111)(H,89,108)(H,90,109)(H,91,106)(H,92,110)(H,93,107)(H,112,113)(H,114,115)/t48-,57-,60?,61-,62-,63+,64+,65?,66-,67-,68-,69-,70+,71?,72+,74?,83-,84+/m1/s1. The Bertz CT molecular complexity index is 5640. The van der Waals surface area contributed by atoms with Gasteiger partial charge in [-0.25, -0.2) is 9.59 Å². The Hall–Kier alpha value is -12.9. The first-order chi connectivity index (χ1) is 58.3. The van der Waals surface area contributed by atoms with Crippen LogP contribution in [0.25, 0.3) is 22.3 Å². The van der Waals surface area contributed by atoms with Crippen molar-refractivity contribution in [1.29, 1.82) is 0 Å². The van der Waals surface area contributed by atoms with Crippen LogP contribution in [0.1, 0.15) is 80.8 Å². The predicted octanol–water partition coefficient (Wildman–Crippen LogP) is 3.83. The Morgan fingerprint density at radius 2 is 1.16 bits per heavy atom. The number of benzene rings is 9. The van der Waals surface area contributed by atoms with Crippen LogP contribution < -0.4 is 61.3 Å². The zero-order chi connectivity index (χ0) is 86.7. The molecular formula is C84H76Cl2N8O28. The second-order valence-corrected chi connectivity index (χ2v) is 30.5. The summed E-state index contributed by atoms with van der Waals surface area (Å²) in [6, 6.07) is 21.8. The summed E-state index contributed by atoms with van der Waals surface area (Å²) in [4.78, 5) is 124. The third-order valence-electron chi connectivity index (χ3n) is 21.5. The summed E-state index contributed by atoms with van der Waals surface area (Å²) < 4.78 is 43.5. The van der Waals surface area contributed by atoms with Crippen molar-refractivity contribution in [3.8, 4) is 91.2 Å². The van der Waals surface area contributed by atoms with E-state index in [4.69, 9.17) is 62.1 Å². The van der Waals surface area contributed by atoms with Crippen molar-refractivity contribution in [3.05, 3.63) is 224 Å². The Kier molecular flexibility index (Phi) is 23.6. The number of nitrogens with two attached hydrogens (primary N) is 1. The lowest BCUT2D eigenvalue weighted by atomic mass is 9.89. The van der Waals surface area contributed by atoms with E-state index in [1.807, 2.05) is 54.6 Å². The summed E-state index contributed by atoms with van der Waals surface area (Å²) in [5.41, 5.74) is 5.84. The number of aliphatic carboxylic acids is 2. The van der Waals surface area contributed by atoms with Crippen LogP contribution >= 0.6 is 23.2 Å². The lowest BCUT2D eigenvalue weighted by molar-refractivity contribution is -0.277. The number of amides is 6. The van der Waals surface area contributed by atoms with Gasteiger partial charge in [-0.15, -0.1) is 0 Å². The van der Waals surface area contributed by atoms with Gasteiger partial charge in [-0.1, -0.05) is 108 Å². The fraction of sp³-hybridized carbons (Fsp3) is 0.262. The highest BCUT2D eigenvalue weighted by Crippen LogP contribution is 2.51. The molecule has 17 rings (SSSR count). The van der Waals surface area contributed by atoms with Gasteiger partial charge in [-0.3, -0.25) is 33.7 Å². The molecule has 2 saturated heterocycles. The number of hydrogen-bond donors (Lipinski definition) is 20. The molecule has 36 nitrogen and oxygen atoms in total. The molecule has 2 fully saturated rings. The van der Waals surface area contributed by atoms with Gasteiger partial charge >= 0.3 is 11.9 Å². The van der Waals surface area contributed by atoms with Crippen LogP contribution in [-0.4, -0.2) is 206 Å². The SMILES string of the molecule is CN(Cc1ccc(-c2ccccc2)cc1)[C@H]1C(=O)N[C@@H]2Cc3ccc(cc3)Oc3cc4cc(c3O[C@@H]3OC(C(=O)O)C(O)[C@H](O)C3N)Oc3ccc(cc3Cl)[C@@H](O)C3NC(=O)[C@H](NC(=O)[C@@H]4NC(=O)[C@@H](NC2=O)c2cc(cc(O)c2Cl)Oc2cc1ccc2O)c1ccc(O)c(c1)-c1c(O[C@H]2O[C@H](CO)[C@@H](O)[C@H](O)[C@@H]2O)cc(O)cc1[C@@H](C(=O)O)NC3=O. The van der Waals surface area contributed by atoms with Crippen LogP contribution in [0.4, 0.5) is 0 Å². The van der Waals surface area contributed by atoms with Crippen LogP contribution in [-0.2, 0) is 60.8 Å². The number of carbonyl (C=O) groups is 8. The number of likely N-dealkylation sites (N-methyl/N-ethyl adjacent to an activating group) is 1. The molecule has 0 saturated carbocycles. The van der Waals surface area contributed by atoms with Gasteiger partial charge in [0.25, 0.3) is 0 Å². The largest absolute Gasteiger partial charge is 0.508 e. The van der Waals surface area contributed by atoms with Crippen LogP contribution in [0.15, 0.2) is 170 Å². The summed E-state index contributed by atoms with van der Waals surface area (Å²) in [6.45, 7) is -0.910. The minimum atomic E-state index is -2.45. The van der Waals surface area contributed by atoms with Gasteiger partial charge in [0.1, 0.15) is 119 Å². The summed E-state index contributed by atoms with van der Waals surface area (Å²) in [6.07, 6.45) is -21.4. The molecule has 6 amide bonds. The first-order valence-corrected chi connectivity index (χ1v) is 38.4. The summed E-state index contributed by atoms with van der Waals surface area (Å²) in [7, 11) is 1.63. The van der Waals surface area contributed by atoms with Gasteiger partial charge in [0, 0.05) is 47.4 Å². The monoisotopic (exact) mass is 1710 g/mol. The third kappa shape index (κ3) is 16.8. The molecule has 21 N–H and O–H groups in total. The highest BCUT2D eigenvalue weighted by molar-refractivity contribution is 6.33. The Balaban J connectivity index is 0.930. The zero-order valence-corrected chi connectivity index (χ0v) is 64.9. The second-order valence-electron chi connectivity index (χ2n) is 29.7. The number of phenolic OH excluding ortho intramolecular Hbond substituents is 4. The molecule has 634 valence electrons. The molecule has 0 aromatic heterocycles. The molecule has 122 heavy (non-hydrogen) atoms. The average molecular weight is 1720 g/mol. The molecule has 8 aliphatic heterocycles. The molecule has 8 aliphatic rings. The normalized spacial score (nSPS) is 26.5. The first kappa shape index (κ1) is 84.1. The number of carboxylic acids is 2. The molecule has 0 aliphatic carbocycles. The number of aliphatic hydroxyl groups excluding tert-OH is 7. The number of nitrogens with zero attached hydrogens (tertiary/aromatic N) is 1. The van der Waals surface area contributed by atoms with Crippen molar-refractivity contribution < 1.29 is 138 Å². The van der Waals surface area contributed by atoms with E-state index in [1.54, 1.807) is 11.9 Å².